The molecule has 104 valence electrons. The van der Waals surface area contributed by atoms with Crippen LogP contribution in [0, 0.1) is 0 Å². The van der Waals surface area contributed by atoms with E-state index in [2.05, 4.69) is 12.2 Å². The summed E-state index contributed by atoms with van der Waals surface area (Å²) in [6.07, 6.45) is 2.98. The molecule has 1 aliphatic heterocycles. The van der Waals surface area contributed by atoms with Gasteiger partial charge in [-0.15, -0.1) is 0 Å². The number of benzene rings is 1. The quantitative estimate of drug-likeness (QED) is 0.884. The van der Waals surface area contributed by atoms with Crippen molar-refractivity contribution in [2.75, 3.05) is 25.1 Å². The predicted molar refractivity (Wildman–Crippen MR) is 76.7 cm³/mol. The second-order valence-electron chi connectivity index (χ2n) is 4.81. The van der Waals surface area contributed by atoms with Crippen LogP contribution in [0.25, 0.3) is 0 Å². The van der Waals surface area contributed by atoms with Gasteiger partial charge in [-0.25, -0.2) is 0 Å². The van der Waals surface area contributed by atoms with Crippen LogP contribution in [0.3, 0.4) is 0 Å². The molecule has 0 bridgehead atoms. The maximum atomic E-state index is 12.5. The Morgan fingerprint density at radius 2 is 2.21 bits per heavy atom. The lowest BCUT2D eigenvalue weighted by atomic mass is 10.0. The first-order chi connectivity index (χ1) is 9.27. The fourth-order valence-corrected chi connectivity index (χ4v) is 2.48. The number of piperidine rings is 1. The van der Waals surface area contributed by atoms with Gasteiger partial charge >= 0.3 is 0 Å². The van der Waals surface area contributed by atoms with Crippen molar-refractivity contribution < 1.29 is 9.53 Å². The van der Waals surface area contributed by atoms with Gasteiger partial charge in [0.1, 0.15) is 5.75 Å². The monoisotopic (exact) mass is 262 g/mol. The molecular weight excluding hydrogens is 240 g/mol. The molecule has 1 aliphatic rings. The fraction of sp³-hybridized carbons (Fsp3) is 0.533. The number of anilines is 1. The predicted octanol–water partition coefficient (Wildman–Crippen LogP) is 2.19. The molecule has 1 heterocycles. The second kappa shape index (κ2) is 6.57. The van der Waals surface area contributed by atoms with E-state index in [1.807, 2.05) is 29.2 Å². The van der Waals surface area contributed by atoms with Crippen LogP contribution in [0.5, 0.6) is 5.75 Å². The van der Waals surface area contributed by atoms with Gasteiger partial charge in [0.15, 0.2) is 0 Å². The summed E-state index contributed by atoms with van der Waals surface area (Å²) in [6.45, 7) is 3.76. The van der Waals surface area contributed by atoms with E-state index in [0.717, 1.165) is 43.8 Å². The molecule has 0 aliphatic carbocycles. The highest BCUT2D eigenvalue weighted by molar-refractivity contribution is 5.99. The van der Waals surface area contributed by atoms with Crippen LogP contribution < -0.4 is 15.0 Å². The molecule has 2 rings (SSSR count). The van der Waals surface area contributed by atoms with Crippen molar-refractivity contribution in [3.05, 3.63) is 24.3 Å². The molecule has 1 aromatic carbocycles. The lowest BCUT2D eigenvalue weighted by molar-refractivity contribution is -0.121. The Kier molecular flexibility index (Phi) is 4.80. The fourth-order valence-electron chi connectivity index (χ4n) is 2.48. The summed E-state index contributed by atoms with van der Waals surface area (Å²) >= 11 is 0. The molecular formula is C15H22N2O2. The number of carbonyl (C=O) groups excluding carboxylic acids is 1. The average molecular weight is 262 g/mol. The molecule has 1 saturated heterocycles. The summed E-state index contributed by atoms with van der Waals surface area (Å²) in [5.74, 6) is 0.913. The van der Waals surface area contributed by atoms with Crippen molar-refractivity contribution in [1.82, 2.24) is 5.32 Å². The Labute approximate surface area is 114 Å². The summed E-state index contributed by atoms with van der Waals surface area (Å²) in [5, 5.41) is 3.33. The van der Waals surface area contributed by atoms with Crippen LogP contribution >= 0.6 is 0 Å². The van der Waals surface area contributed by atoms with Gasteiger partial charge < -0.3 is 15.0 Å². The first-order valence-corrected chi connectivity index (χ1v) is 6.95. The first-order valence-electron chi connectivity index (χ1n) is 6.95. The van der Waals surface area contributed by atoms with Gasteiger partial charge in [0.2, 0.25) is 5.91 Å². The summed E-state index contributed by atoms with van der Waals surface area (Å²) in [6, 6.07) is 7.64. The Balaban J connectivity index is 2.17. The summed E-state index contributed by atoms with van der Waals surface area (Å²) in [5.41, 5.74) is 0.873. The Hall–Kier alpha value is -1.55. The van der Waals surface area contributed by atoms with Gasteiger partial charge in [0.05, 0.1) is 18.8 Å². The van der Waals surface area contributed by atoms with E-state index in [0.29, 0.717) is 0 Å². The zero-order chi connectivity index (χ0) is 13.7. The minimum atomic E-state index is -0.0568. The SMILES string of the molecule is CCCNC1CCCN(c2ccccc2OC)C1=O. The van der Waals surface area contributed by atoms with Crippen molar-refractivity contribution in [3.63, 3.8) is 0 Å². The van der Waals surface area contributed by atoms with E-state index in [1.165, 1.54) is 0 Å². The van der Waals surface area contributed by atoms with E-state index in [4.69, 9.17) is 4.74 Å². The highest BCUT2D eigenvalue weighted by Crippen LogP contribution is 2.30. The molecule has 0 radical (unpaired) electrons. The van der Waals surface area contributed by atoms with E-state index in [9.17, 15) is 4.79 Å². The molecule has 1 N–H and O–H groups in total. The molecule has 0 spiro atoms. The number of carbonyl (C=O) groups is 1. The summed E-state index contributed by atoms with van der Waals surface area (Å²) in [7, 11) is 1.64. The van der Waals surface area contributed by atoms with Gasteiger partial charge in [-0.2, -0.15) is 0 Å². The topological polar surface area (TPSA) is 41.6 Å². The van der Waals surface area contributed by atoms with Gasteiger partial charge in [-0.1, -0.05) is 19.1 Å². The molecule has 1 unspecified atom stereocenters. The third kappa shape index (κ3) is 3.07. The smallest absolute Gasteiger partial charge is 0.244 e. The first kappa shape index (κ1) is 13.9. The number of ether oxygens (including phenoxy) is 1. The molecule has 1 fully saturated rings. The van der Waals surface area contributed by atoms with E-state index in [1.54, 1.807) is 7.11 Å². The number of amides is 1. The van der Waals surface area contributed by atoms with Crippen LogP contribution in [0.15, 0.2) is 24.3 Å². The van der Waals surface area contributed by atoms with E-state index >= 15 is 0 Å². The third-order valence-corrected chi connectivity index (χ3v) is 3.46. The number of hydrogen-bond acceptors (Lipinski definition) is 3. The number of rotatable bonds is 5. The molecule has 19 heavy (non-hydrogen) atoms. The van der Waals surface area contributed by atoms with Crippen LogP contribution in [0.1, 0.15) is 26.2 Å². The van der Waals surface area contributed by atoms with Crippen molar-refractivity contribution in [2.45, 2.75) is 32.2 Å². The minimum Gasteiger partial charge on any atom is -0.495 e. The highest BCUT2D eigenvalue weighted by Gasteiger charge is 2.30. The zero-order valence-corrected chi connectivity index (χ0v) is 11.7. The van der Waals surface area contributed by atoms with Gasteiger partial charge in [0, 0.05) is 6.54 Å². The lowest BCUT2D eigenvalue weighted by Crippen LogP contribution is -2.51. The second-order valence-corrected chi connectivity index (χ2v) is 4.81. The van der Waals surface area contributed by atoms with Crippen LogP contribution in [-0.4, -0.2) is 32.1 Å². The van der Waals surface area contributed by atoms with Gasteiger partial charge in [0.25, 0.3) is 0 Å². The van der Waals surface area contributed by atoms with Gasteiger partial charge in [-0.05, 0) is 37.9 Å². The lowest BCUT2D eigenvalue weighted by Gasteiger charge is -2.33. The third-order valence-electron chi connectivity index (χ3n) is 3.46. The Morgan fingerprint density at radius 3 is 2.95 bits per heavy atom. The van der Waals surface area contributed by atoms with Crippen molar-refractivity contribution in [2.24, 2.45) is 0 Å². The van der Waals surface area contributed by atoms with Crippen molar-refractivity contribution in [3.8, 4) is 5.75 Å². The number of nitrogens with zero attached hydrogens (tertiary/aromatic N) is 1. The van der Waals surface area contributed by atoms with E-state index in [-0.39, 0.29) is 11.9 Å². The standard InChI is InChI=1S/C15H22N2O2/c1-3-10-16-12-7-6-11-17(15(12)18)13-8-4-5-9-14(13)19-2/h4-5,8-9,12,16H,3,6-7,10-11H2,1-2H3. The zero-order valence-electron chi connectivity index (χ0n) is 11.7. The molecule has 1 amide bonds. The molecule has 1 aromatic rings. The molecule has 1 atom stereocenters. The largest absolute Gasteiger partial charge is 0.495 e. The van der Waals surface area contributed by atoms with E-state index < -0.39 is 0 Å². The highest BCUT2D eigenvalue weighted by atomic mass is 16.5. The maximum Gasteiger partial charge on any atom is 0.244 e. The summed E-state index contributed by atoms with van der Waals surface area (Å²) in [4.78, 5) is 14.4. The molecule has 0 aromatic heterocycles. The average Bonchev–Trinajstić information content (AvgIpc) is 2.46. The summed E-state index contributed by atoms with van der Waals surface area (Å²) < 4.78 is 5.35. The minimum absolute atomic E-state index is 0.0568. The Morgan fingerprint density at radius 1 is 1.42 bits per heavy atom. The van der Waals surface area contributed by atoms with Crippen LogP contribution in [0.4, 0.5) is 5.69 Å². The molecule has 4 nitrogen and oxygen atoms in total. The number of hydrogen-bond donors (Lipinski definition) is 1. The molecule has 4 heteroatoms. The molecule has 0 saturated carbocycles. The number of nitrogens with one attached hydrogen (secondary N) is 1. The van der Waals surface area contributed by atoms with Gasteiger partial charge in [-0.3, -0.25) is 4.79 Å². The van der Waals surface area contributed by atoms with Crippen LogP contribution in [0.2, 0.25) is 0 Å². The normalized spacial score (nSPS) is 19.6. The number of methoxy groups -OCH3 is 1. The number of para-hydroxylation sites is 2. The maximum absolute atomic E-state index is 12.5. The van der Waals surface area contributed by atoms with Crippen molar-refractivity contribution in [1.29, 1.82) is 0 Å². The van der Waals surface area contributed by atoms with Crippen molar-refractivity contribution >= 4 is 11.6 Å². The Bertz CT molecular complexity index is 434. The van der Waals surface area contributed by atoms with Crippen LogP contribution in [-0.2, 0) is 4.79 Å².